The number of aliphatic imine (C=N–C) groups is 1. The molecular weight excluding hydrogens is 394 g/mol. The van der Waals surface area contributed by atoms with Crippen molar-refractivity contribution in [3.05, 3.63) is 59.2 Å². The number of aromatic carboxylic acids is 1. The van der Waals surface area contributed by atoms with Gasteiger partial charge in [0.15, 0.2) is 0 Å². The zero-order chi connectivity index (χ0) is 22.4. The fraction of sp³-hybridized carbons (Fsp3) is 0.333. The number of aliphatic hydroxyl groups is 2. The number of hydrogen-bond donors (Lipinski definition) is 4. The van der Waals surface area contributed by atoms with Crippen molar-refractivity contribution in [2.45, 2.75) is 32.4 Å². The summed E-state index contributed by atoms with van der Waals surface area (Å²) in [5.41, 5.74) is 10.5. The van der Waals surface area contributed by atoms with Gasteiger partial charge >= 0.3 is 5.97 Å². The molecule has 0 radical (unpaired) electrons. The molecule has 0 saturated heterocycles. The van der Waals surface area contributed by atoms with E-state index in [4.69, 9.17) is 15.9 Å². The van der Waals surface area contributed by atoms with Crippen LogP contribution < -0.4 is 5.73 Å². The summed E-state index contributed by atoms with van der Waals surface area (Å²) in [6.07, 6.45) is 2.98. The van der Waals surface area contributed by atoms with Crippen LogP contribution in [-0.2, 0) is 0 Å². The molecule has 1 unspecified atom stereocenters. The van der Waals surface area contributed by atoms with Crippen molar-refractivity contribution in [3.8, 4) is 11.1 Å². The first-order valence-electron chi connectivity index (χ1n) is 10.5. The molecule has 2 aromatic rings. The molecule has 0 fully saturated rings. The molecule has 3 rings (SSSR count). The Kier molecular flexibility index (Phi) is 7.57. The molecule has 7 heteroatoms. The van der Waals surface area contributed by atoms with Crippen molar-refractivity contribution in [3.63, 3.8) is 0 Å². The molecule has 1 heterocycles. The molecule has 164 valence electrons. The first-order chi connectivity index (χ1) is 14.9. The Balaban J connectivity index is 1.91. The number of fused-ring (bicyclic) bond motifs is 1. The highest BCUT2D eigenvalue weighted by molar-refractivity contribution is 5.91. The smallest absolute Gasteiger partial charge is 0.335 e. The predicted octanol–water partition coefficient (Wildman–Crippen LogP) is 3.24. The van der Waals surface area contributed by atoms with Gasteiger partial charge in [0.05, 0.1) is 11.3 Å². The first-order valence-corrected chi connectivity index (χ1v) is 10.5. The standard InChI is InChI=1S/C24H29N3O4/c1-2-10-27(11-3-12-28)23(29)20-13-19-9-8-18(14-21(19)26-22(25)15-20)16-4-6-17(7-5-16)24(30)31/h4-9,13-14,23,28-29H,2-3,10-12,15H2,1H3,(H2,25,26)(H,30,31). The molecule has 1 aliphatic heterocycles. The van der Waals surface area contributed by atoms with E-state index in [2.05, 4.69) is 11.9 Å². The maximum atomic E-state index is 11.1. The zero-order valence-corrected chi connectivity index (χ0v) is 17.7. The summed E-state index contributed by atoms with van der Waals surface area (Å²) in [6.45, 7) is 3.44. The van der Waals surface area contributed by atoms with E-state index in [1.54, 1.807) is 24.3 Å². The molecule has 0 bridgehead atoms. The number of carbonyl (C=O) groups is 1. The Morgan fingerprint density at radius 1 is 1.16 bits per heavy atom. The summed E-state index contributed by atoms with van der Waals surface area (Å²) in [6, 6.07) is 12.5. The summed E-state index contributed by atoms with van der Waals surface area (Å²) >= 11 is 0. The number of rotatable bonds is 9. The van der Waals surface area contributed by atoms with E-state index in [0.717, 1.165) is 28.7 Å². The van der Waals surface area contributed by atoms with Gasteiger partial charge in [-0.15, -0.1) is 0 Å². The van der Waals surface area contributed by atoms with Gasteiger partial charge < -0.3 is 21.1 Å². The Morgan fingerprint density at radius 3 is 2.52 bits per heavy atom. The number of nitrogens with zero attached hydrogens (tertiary/aromatic N) is 2. The van der Waals surface area contributed by atoms with Crippen LogP contribution in [0.4, 0.5) is 5.69 Å². The molecule has 1 aliphatic rings. The Morgan fingerprint density at radius 2 is 1.87 bits per heavy atom. The lowest BCUT2D eigenvalue weighted by Gasteiger charge is -2.29. The van der Waals surface area contributed by atoms with Gasteiger partial charge in [-0.25, -0.2) is 9.79 Å². The molecule has 2 aromatic carbocycles. The molecule has 0 aliphatic carbocycles. The topological polar surface area (TPSA) is 119 Å². The fourth-order valence-corrected chi connectivity index (χ4v) is 3.72. The van der Waals surface area contributed by atoms with Crippen LogP contribution in [-0.4, -0.2) is 57.9 Å². The highest BCUT2D eigenvalue weighted by Crippen LogP contribution is 2.32. The number of hydrogen-bond acceptors (Lipinski definition) is 6. The SMILES string of the molecule is CCCN(CCCO)C(O)C1=Cc2ccc(-c3ccc(C(=O)O)cc3)cc2N=C(N)C1. The summed E-state index contributed by atoms with van der Waals surface area (Å²) in [4.78, 5) is 17.6. The normalized spacial score (nSPS) is 14.5. The summed E-state index contributed by atoms with van der Waals surface area (Å²) in [5.74, 6) is -0.542. The lowest BCUT2D eigenvalue weighted by molar-refractivity contribution is 0.0283. The Bertz CT molecular complexity index is 983. The minimum atomic E-state index is -0.960. The van der Waals surface area contributed by atoms with Crippen molar-refractivity contribution in [2.24, 2.45) is 10.7 Å². The monoisotopic (exact) mass is 423 g/mol. The molecule has 0 saturated carbocycles. The van der Waals surface area contributed by atoms with Gasteiger partial charge in [-0.3, -0.25) is 4.90 Å². The van der Waals surface area contributed by atoms with Crippen molar-refractivity contribution < 1.29 is 20.1 Å². The van der Waals surface area contributed by atoms with Gasteiger partial charge in [-0.05, 0) is 53.8 Å². The van der Waals surface area contributed by atoms with E-state index in [0.29, 0.717) is 37.5 Å². The predicted molar refractivity (Wildman–Crippen MR) is 122 cm³/mol. The van der Waals surface area contributed by atoms with Gasteiger partial charge in [0.1, 0.15) is 12.1 Å². The maximum absolute atomic E-state index is 11.1. The number of carboxylic acid groups (broad SMARTS) is 1. The van der Waals surface area contributed by atoms with Crippen molar-refractivity contribution in [1.82, 2.24) is 4.90 Å². The largest absolute Gasteiger partial charge is 0.478 e. The number of amidine groups is 1. The summed E-state index contributed by atoms with van der Waals surface area (Å²) < 4.78 is 0. The second-order valence-electron chi connectivity index (χ2n) is 7.64. The summed E-state index contributed by atoms with van der Waals surface area (Å²) in [5, 5.41) is 29.2. The van der Waals surface area contributed by atoms with Crippen LogP contribution >= 0.6 is 0 Å². The van der Waals surface area contributed by atoms with Crippen molar-refractivity contribution >= 4 is 23.6 Å². The van der Waals surface area contributed by atoms with Gasteiger partial charge in [0, 0.05) is 31.7 Å². The third kappa shape index (κ3) is 5.58. The van der Waals surface area contributed by atoms with E-state index in [1.165, 1.54) is 0 Å². The Hall–Kier alpha value is -3.00. The number of aliphatic hydroxyl groups excluding tert-OH is 2. The van der Waals surface area contributed by atoms with Gasteiger partial charge in [-0.2, -0.15) is 0 Å². The van der Waals surface area contributed by atoms with E-state index >= 15 is 0 Å². The van der Waals surface area contributed by atoms with Crippen LogP contribution in [0.1, 0.15) is 42.1 Å². The quantitative estimate of drug-likeness (QED) is 0.460. The van der Waals surface area contributed by atoms with E-state index < -0.39 is 12.2 Å². The third-order valence-electron chi connectivity index (χ3n) is 5.28. The highest BCUT2D eigenvalue weighted by atomic mass is 16.4. The van der Waals surface area contributed by atoms with Crippen molar-refractivity contribution in [1.29, 1.82) is 0 Å². The van der Waals surface area contributed by atoms with E-state index in [-0.39, 0.29) is 12.2 Å². The second kappa shape index (κ2) is 10.3. The van der Waals surface area contributed by atoms with Gasteiger partial charge in [0.2, 0.25) is 0 Å². The van der Waals surface area contributed by atoms with Gasteiger partial charge in [-0.1, -0.05) is 31.2 Å². The zero-order valence-electron chi connectivity index (χ0n) is 17.7. The molecule has 7 nitrogen and oxygen atoms in total. The maximum Gasteiger partial charge on any atom is 0.335 e. The minimum Gasteiger partial charge on any atom is -0.478 e. The van der Waals surface area contributed by atoms with Crippen LogP contribution in [0, 0.1) is 0 Å². The fourth-order valence-electron chi connectivity index (χ4n) is 3.72. The first kappa shape index (κ1) is 22.7. The second-order valence-corrected chi connectivity index (χ2v) is 7.64. The Labute approximate surface area is 182 Å². The summed E-state index contributed by atoms with van der Waals surface area (Å²) in [7, 11) is 0. The highest BCUT2D eigenvalue weighted by Gasteiger charge is 2.22. The van der Waals surface area contributed by atoms with Crippen LogP contribution in [0.3, 0.4) is 0 Å². The van der Waals surface area contributed by atoms with Crippen LogP contribution in [0.15, 0.2) is 53.0 Å². The van der Waals surface area contributed by atoms with Crippen LogP contribution in [0.25, 0.3) is 17.2 Å². The van der Waals surface area contributed by atoms with E-state index in [9.17, 15) is 9.90 Å². The number of benzene rings is 2. The van der Waals surface area contributed by atoms with Gasteiger partial charge in [0.25, 0.3) is 0 Å². The average molecular weight is 424 g/mol. The van der Waals surface area contributed by atoms with Crippen LogP contribution in [0.5, 0.6) is 0 Å². The molecule has 5 N–H and O–H groups in total. The molecule has 0 spiro atoms. The molecule has 0 amide bonds. The molecule has 31 heavy (non-hydrogen) atoms. The number of carboxylic acids is 1. The van der Waals surface area contributed by atoms with Crippen LogP contribution in [0.2, 0.25) is 0 Å². The lowest BCUT2D eigenvalue weighted by atomic mass is 9.99. The molecule has 1 atom stereocenters. The average Bonchev–Trinajstić information content (AvgIpc) is 2.93. The lowest BCUT2D eigenvalue weighted by Crippen LogP contribution is -2.39. The number of nitrogens with two attached hydrogens (primary N) is 1. The molecular formula is C24H29N3O4. The van der Waals surface area contributed by atoms with E-state index in [1.807, 2.05) is 29.2 Å². The minimum absolute atomic E-state index is 0.0780. The molecule has 0 aromatic heterocycles. The van der Waals surface area contributed by atoms with Crippen molar-refractivity contribution in [2.75, 3.05) is 19.7 Å². The third-order valence-corrected chi connectivity index (χ3v) is 5.28.